The molecule has 0 radical (unpaired) electrons. The number of nitrogens with two attached hydrogens (primary N) is 1. The third-order valence-electron chi connectivity index (χ3n) is 3.29. The second-order valence-electron chi connectivity index (χ2n) is 4.93. The Hall–Kier alpha value is -0.650. The van der Waals surface area contributed by atoms with Crippen LogP contribution in [0.15, 0.2) is 0 Å². The number of aromatic nitrogens is 1. The maximum absolute atomic E-state index is 6.01. The Bertz CT molecular complexity index is 370. The fourth-order valence-corrected chi connectivity index (χ4v) is 3.42. The standard InChI is InChI=1S/C13H23N3OS/c1-10(14)12-11(9-17-2)15-13(18-12)16-7-5-3-4-6-8-16/h10H,3-9,14H2,1-2H3. The SMILES string of the molecule is COCc1nc(N2CCCCCC2)sc1C(C)N. The molecule has 5 heteroatoms. The van der Waals surface area contributed by atoms with Crippen LogP contribution in [0.3, 0.4) is 0 Å². The van der Waals surface area contributed by atoms with Gasteiger partial charge in [-0.15, -0.1) is 0 Å². The molecule has 1 aliphatic rings. The van der Waals surface area contributed by atoms with E-state index < -0.39 is 0 Å². The lowest BCUT2D eigenvalue weighted by Crippen LogP contribution is -2.23. The number of thiazole rings is 1. The predicted octanol–water partition coefficient (Wildman–Crippen LogP) is 2.69. The first-order chi connectivity index (χ1) is 8.72. The van der Waals surface area contributed by atoms with Crippen LogP contribution in [0.4, 0.5) is 5.13 Å². The molecule has 1 saturated heterocycles. The smallest absolute Gasteiger partial charge is 0.185 e. The van der Waals surface area contributed by atoms with Gasteiger partial charge in [0.1, 0.15) is 0 Å². The summed E-state index contributed by atoms with van der Waals surface area (Å²) in [5.74, 6) is 0. The van der Waals surface area contributed by atoms with E-state index in [0.717, 1.165) is 28.8 Å². The molecule has 2 rings (SSSR count). The number of rotatable bonds is 4. The van der Waals surface area contributed by atoms with Crippen molar-refractivity contribution in [2.75, 3.05) is 25.1 Å². The quantitative estimate of drug-likeness (QED) is 0.913. The van der Waals surface area contributed by atoms with Crippen molar-refractivity contribution >= 4 is 16.5 Å². The molecule has 4 nitrogen and oxygen atoms in total. The summed E-state index contributed by atoms with van der Waals surface area (Å²) in [5.41, 5.74) is 7.03. The van der Waals surface area contributed by atoms with Gasteiger partial charge in [0.05, 0.1) is 12.3 Å². The van der Waals surface area contributed by atoms with Crippen LogP contribution in [-0.2, 0) is 11.3 Å². The van der Waals surface area contributed by atoms with E-state index in [0.29, 0.717) is 6.61 Å². The number of anilines is 1. The molecule has 1 aromatic heterocycles. The number of hydrogen-bond donors (Lipinski definition) is 1. The van der Waals surface area contributed by atoms with E-state index >= 15 is 0 Å². The van der Waals surface area contributed by atoms with Gasteiger partial charge >= 0.3 is 0 Å². The first-order valence-electron chi connectivity index (χ1n) is 6.71. The third-order valence-corrected chi connectivity index (χ3v) is 4.65. The Morgan fingerprint density at radius 2 is 2.00 bits per heavy atom. The molecule has 0 bridgehead atoms. The summed E-state index contributed by atoms with van der Waals surface area (Å²) < 4.78 is 5.21. The maximum atomic E-state index is 6.01. The van der Waals surface area contributed by atoms with E-state index in [2.05, 4.69) is 4.90 Å². The fraction of sp³-hybridized carbons (Fsp3) is 0.769. The van der Waals surface area contributed by atoms with Crippen LogP contribution < -0.4 is 10.6 Å². The van der Waals surface area contributed by atoms with E-state index in [1.54, 1.807) is 18.4 Å². The molecule has 0 aromatic carbocycles. The van der Waals surface area contributed by atoms with E-state index in [4.69, 9.17) is 15.5 Å². The van der Waals surface area contributed by atoms with E-state index in [9.17, 15) is 0 Å². The predicted molar refractivity (Wildman–Crippen MR) is 76.1 cm³/mol. The molecule has 0 spiro atoms. The van der Waals surface area contributed by atoms with Crippen LogP contribution in [0.5, 0.6) is 0 Å². The van der Waals surface area contributed by atoms with Crippen LogP contribution in [0.2, 0.25) is 0 Å². The molecule has 18 heavy (non-hydrogen) atoms. The number of hydrogen-bond acceptors (Lipinski definition) is 5. The molecule has 2 N–H and O–H groups in total. The molecule has 1 fully saturated rings. The molecule has 1 aliphatic heterocycles. The Morgan fingerprint density at radius 1 is 1.33 bits per heavy atom. The molecule has 0 saturated carbocycles. The van der Waals surface area contributed by atoms with Gasteiger partial charge in [0.15, 0.2) is 5.13 Å². The van der Waals surface area contributed by atoms with Gasteiger partial charge in [0, 0.05) is 31.1 Å². The van der Waals surface area contributed by atoms with Crippen molar-refractivity contribution in [3.63, 3.8) is 0 Å². The van der Waals surface area contributed by atoms with Gasteiger partial charge in [-0.05, 0) is 19.8 Å². The topological polar surface area (TPSA) is 51.4 Å². The highest BCUT2D eigenvalue weighted by molar-refractivity contribution is 7.15. The van der Waals surface area contributed by atoms with Crippen molar-refractivity contribution in [1.82, 2.24) is 4.98 Å². The molecule has 2 heterocycles. The average molecular weight is 269 g/mol. The van der Waals surface area contributed by atoms with Gasteiger partial charge in [0.2, 0.25) is 0 Å². The summed E-state index contributed by atoms with van der Waals surface area (Å²) in [6.07, 6.45) is 5.22. The van der Waals surface area contributed by atoms with Gasteiger partial charge in [-0.3, -0.25) is 0 Å². The number of nitrogens with zero attached hydrogens (tertiary/aromatic N) is 2. The van der Waals surface area contributed by atoms with Gasteiger partial charge in [-0.25, -0.2) is 4.98 Å². The van der Waals surface area contributed by atoms with Crippen molar-refractivity contribution in [1.29, 1.82) is 0 Å². The molecule has 0 aliphatic carbocycles. The zero-order valence-electron chi connectivity index (χ0n) is 11.3. The van der Waals surface area contributed by atoms with Crippen LogP contribution in [-0.4, -0.2) is 25.2 Å². The van der Waals surface area contributed by atoms with Crippen LogP contribution in [0.25, 0.3) is 0 Å². The Labute approximate surface area is 113 Å². The van der Waals surface area contributed by atoms with E-state index in [-0.39, 0.29) is 6.04 Å². The monoisotopic (exact) mass is 269 g/mol. The second kappa shape index (κ2) is 6.50. The summed E-state index contributed by atoms with van der Waals surface area (Å²) in [5, 5.41) is 1.12. The molecular weight excluding hydrogens is 246 g/mol. The van der Waals surface area contributed by atoms with Crippen LogP contribution in [0.1, 0.15) is 49.2 Å². The Kier molecular flexibility index (Phi) is 4.97. The zero-order valence-corrected chi connectivity index (χ0v) is 12.1. The van der Waals surface area contributed by atoms with E-state index in [1.807, 2.05) is 6.92 Å². The first-order valence-corrected chi connectivity index (χ1v) is 7.53. The molecule has 1 atom stereocenters. The van der Waals surface area contributed by atoms with Gasteiger partial charge < -0.3 is 15.4 Å². The Balaban J connectivity index is 2.18. The highest BCUT2D eigenvalue weighted by Crippen LogP contribution is 2.31. The minimum Gasteiger partial charge on any atom is -0.378 e. The molecule has 0 amide bonds. The summed E-state index contributed by atoms with van der Waals surface area (Å²) in [7, 11) is 1.70. The molecule has 1 aromatic rings. The Morgan fingerprint density at radius 3 is 2.56 bits per heavy atom. The van der Waals surface area contributed by atoms with Crippen LogP contribution in [0, 0.1) is 0 Å². The lowest BCUT2D eigenvalue weighted by Gasteiger charge is -2.18. The second-order valence-corrected chi connectivity index (χ2v) is 5.94. The number of methoxy groups -OCH3 is 1. The van der Waals surface area contributed by atoms with Gasteiger partial charge in [-0.1, -0.05) is 24.2 Å². The highest BCUT2D eigenvalue weighted by atomic mass is 32.1. The zero-order chi connectivity index (χ0) is 13.0. The van der Waals surface area contributed by atoms with Crippen molar-refractivity contribution in [3.8, 4) is 0 Å². The largest absolute Gasteiger partial charge is 0.378 e. The first kappa shape index (κ1) is 13.8. The highest BCUT2D eigenvalue weighted by Gasteiger charge is 2.19. The molecule has 102 valence electrons. The van der Waals surface area contributed by atoms with Crippen molar-refractivity contribution in [2.24, 2.45) is 5.73 Å². The van der Waals surface area contributed by atoms with Crippen molar-refractivity contribution in [3.05, 3.63) is 10.6 Å². The van der Waals surface area contributed by atoms with Crippen molar-refractivity contribution in [2.45, 2.75) is 45.3 Å². The minimum absolute atomic E-state index is 0.0355. The van der Waals surface area contributed by atoms with Crippen LogP contribution >= 0.6 is 11.3 Å². The summed E-state index contributed by atoms with van der Waals surface area (Å²) in [6.45, 7) is 4.82. The fourth-order valence-electron chi connectivity index (χ4n) is 2.34. The maximum Gasteiger partial charge on any atom is 0.185 e. The molecule has 1 unspecified atom stereocenters. The molecular formula is C13H23N3OS. The van der Waals surface area contributed by atoms with Gasteiger partial charge in [-0.2, -0.15) is 0 Å². The summed E-state index contributed by atoms with van der Waals surface area (Å²) >= 11 is 1.73. The number of ether oxygens (including phenoxy) is 1. The lowest BCUT2D eigenvalue weighted by atomic mass is 10.2. The summed E-state index contributed by atoms with van der Waals surface area (Å²) in [6, 6.07) is 0.0355. The summed E-state index contributed by atoms with van der Waals surface area (Å²) in [4.78, 5) is 8.29. The third kappa shape index (κ3) is 3.22. The minimum atomic E-state index is 0.0355. The average Bonchev–Trinajstić information content (AvgIpc) is 2.59. The van der Waals surface area contributed by atoms with E-state index in [1.165, 1.54) is 25.7 Å². The van der Waals surface area contributed by atoms with Crippen molar-refractivity contribution < 1.29 is 4.74 Å². The van der Waals surface area contributed by atoms with Gasteiger partial charge in [0.25, 0.3) is 0 Å². The lowest BCUT2D eigenvalue weighted by molar-refractivity contribution is 0.181. The normalized spacial score (nSPS) is 18.7.